The molecule has 20 heavy (non-hydrogen) atoms. The van der Waals surface area contributed by atoms with Gasteiger partial charge >= 0.3 is 11.9 Å². The molecule has 0 atom stereocenters. The largest absolute Gasteiger partial charge is 0.462 e. The minimum absolute atomic E-state index is 0.299. The molecular formula is C16H16O4. The Hall–Kier alpha value is -2.36. The first-order chi connectivity index (χ1) is 9.51. The van der Waals surface area contributed by atoms with E-state index in [2.05, 4.69) is 0 Å². The summed E-state index contributed by atoms with van der Waals surface area (Å²) in [6.07, 6.45) is 0. The standard InChI is InChI=1S/C16H16O4/c1-4-19-16(18)13-8-12-6-5-10(2)7-14(12)15(9-13)20-11(3)17/h5-9H,4H2,1-3H3. The molecule has 0 unspecified atom stereocenters. The number of rotatable bonds is 3. The predicted octanol–water partition coefficient (Wildman–Crippen LogP) is 3.25. The first-order valence-electron chi connectivity index (χ1n) is 6.41. The summed E-state index contributed by atoms with van der Waals surface area (Å²) in [4.78, 5) is 23.0. The Labute approximate surface area is 117 Å². The SMILES string of the molecule is CCOC(=O)c1cc(OC(C)=O)c2cc(C)ccc2c1. The van der Waals surface area contributed by atoms with Crippen LogP contribution in [0.3, 0.4) is 0 Å². The summed E-state index contributed by atoms with van der Waals surface area (Å²) in [5.41, 5.74) is 1.43. The van der Waals surface area contributed by atoms with Gasteiger partial charge in [-0.05, 0) is 37.4 Å². The van der Waals surface area contributed by atoms with Crippen molar-refractivity contribution in [2.24, 2.45) is 0 Å². The average molecular weight is 272 g/mol. The number of esters is 2. The molecule has 0 radical (unpaired) electrons. The number of aryl methyl sites for hydroxylation is 1. The van der Waals surface area contributed by atoms with Crippen LogP contribution >= 0.6 is 0 Å². The number of fused-ring (bicyclic) bond motifs is 1. The molecule has 0 spiro atoms. The van der Waals surface area contributed by atoms with Crippen molar-refractivity contribution in [3.8, 4) is 5.75 Å². The molecule has 0 amide bonds. The van der Waals surface area contributed by atoms with Gasteiger partial charge in [0.15, 0.2) is 0 Å². The van der Waals surface area contributed by atoms with Gasteiger partial charge in [0.1, 0.15) is 5.75 Å². The van der Waals surface area contributed by atoms with Gasteiger partial charge in [0, 0.05) is 12.3 Å². The molecular weight excluding hydrogens is 256 g/mol. The molecule has 2 rings (SSSR count). The fourth-order valence-electron chi connectivity index (χ4n) is 2.01. The summed E-state index contributed by atoms with van der Waals surface area (Å²) in [7, 11) is 0. The maximum atomic E-state index is 11.8. The Morgan fingerprint density at radius 2 is 1.90 bits per heavy atom. The molecule has 0 heterocycles. The van der Waals surface area contributed by atoms with E-state index in [1.807, 2.05) is 25.1 Å². The molecule has 0 fully saturated rings. The zero-order valence-corrected chi connectivity index (χ0v) is 11.7. The van der Waals surface area contributed by atoms with E-state index >= 15 is 0 Å². The Bertz CT molecular complexity index is 673. The van der Waals surface area contributed by atoms with Crippen LogP contribution in [0.5, 0.6) is 5.75 Å². The first-order valence-corrected chi connectivity index (χ1v) is 6.41. The van der Waals surface area contributed by atoms with Crippen LogP contribution in [0.25, 0.3) is 10.8 Å². The molecule has 0 saturated carbocycles. The lowest BCUT2D eigenvalue weighted by molar-refractivity contribution is -0.131. The molecule has 104 valence electrons. The van der Waals surface area contributed by atoms with Gasteiger partial charge in [0.05, 0.1) is 12.2 Å². The van der Waals surface area contributed by atoms with Gasteiger partial charge in [-0.15, -0.1) is 0 Å². The molecule has 0 aromatic heterocycles. The number of hydrogen-bond acceptors (Lipinski definition) is 4. The Kier molecular flexibility index (Phi) is 4.03. The van der Waals surface area contributed by atoms with Gasteiger partial charge in [0.25, 0.3) is 0 Å². The number of carbonyl (C=O) groups excluding carboxylic acids is 2. The molecule has 0 aliphatic heterocycles. The molecule has 2 aromatic rings. The van der Waals surface area contributed by atoms with Crippen molar-refractivity contribution in [3.05, 3.63) is 41.5 Å². The smallest absolute Gasteiger partial charge is 0.338 e. The summed E-state index contributed by atoms with van der Waals surface area (Å²) in [5, 5.41) is 1.63. The molecule has 4 nitrogen and oxygen atoms in total. The van der Waals surface area contributed by atoms with Crippen LogP contribution in [0.2, 0.25) is 0 Å². The molecule has 0 aliphatic carbocycles. The second kappa shape index (κ2) is 5.74. The van der Waals surface area contributed by atoms with E-state index in [0.717, 1.165) is 16.3 Å². The number of carbonyl (C=O) groups is 2. The van der Waals surface area contributed by atoms with E-state index in [4.69, 9.17) is 9.47 Å². The third-order valence-corrected chi connectivity index (χ3v) is 2.84. The highest BCUT2D eigenvalue weighted by molar-refractivity contribution is 5.99. The quantitative estimate of drug-likeness (QED) is 0.635. The van der Waals surface area contributed by atoms with Gasteiger partial charge in [-0.3, -0.25) is 4.79 Å². The Balaban J connectivity index is 2.60. The lowest BCUT2D eigenvalue weighted by atomic mass is 10.0. The molecule has 2 aromatic carbocycles. The van der Waals surface area contributed by atoms with Gasteiger partial charge in [-0.1, -0.05) is 17.7 Å². The van der Waals surface area contributed by atoms with E-state index in [1.54, 1.807) is 19.1 Å². The topological polar surface area (TPSA) is 52.6 Å². The lowest BCUT2D eigenvalue weighted by Gasteiger charge is -2.10. The van der Waals surface area contributed by atoms with Gasteiger partial charge < -0.3 is 9.47 Å². The second-order valence-electron chi connectivity index (χ2n) is 4.51. The monoisotopic (exact) mass is 272 g/mol. The van der Waals surface area contributed by atoms with Crippen molar-refractivity contribution in [3.63, 3.8) is 0 Å². The van der Waals surface area contributed by atoms with Crippen molar-refractivity contribution < 1.29 is 19.1 Å². The van der Waals surface area contributed by atoms with Crippen molar-refractivity contribution in [1.82, 2.24) is 0 Å². The van der Waals surface area contributed by atoms with Crippen molar-refractivity contribution in [2.75, 3.05) is 6.61 Å². The van der Waals surface area contributed by atoms with E-state index in [1.165, 1.54) is 6.92 Å². The second-order valence-corrected chi connectivity index (χ2v) is 4.51. The summed E-state index contributed by atoms with van der Waals surface area (Å²) in [6, 6.07) is 9.03. The third-order valence-electron chi connectivity index (χ3n) is 2.84. The highest BCUT2D eigenvalue weighted by Gasteiger charge is 2.13. The minimum atomic E-state index is -0.427. The fraction of sp³-hybridized carbons (Fsp3) is 0.250. The van der Waals surface area contributed by atoms with Crippen LogP contribution in [0.1, 0.15) is 29.8 Å². The van der Waals surface area contributed by atoms with Crippen LogP contribution in [0.4, 0.5) is 0 Å². The third kappa shape index (κ3) is 2.96. The maximum absolute atomic E-state index is 11.8. The summed E-state index contributed by atoms with van der Waals surface area (Å²) in [6.45, 7) is 5.33. The summed E-state index contributed by atoms with van der Waals surface area (Å²) >= 11 is 0. The number of hydrogen-bond donors (Lipinski definition) is 0. The molecule has 0 bridgehead atoms. The highest BCUT2D eigenvalue weighted by Crippen LogP contribution is 2.29. The Morgan fingerprint density at radius 1 is 1.15 bits per heavy atom. The van der Waals surface area contributed by atoms with Crippen molar-refractivity contribution in [1.29, 1.82) is 0 Å². The average Bonchev–Trinajstić information content (AvgIpc) is 2.38. The van der Waals surface area contributed by atoms with Crippen LogP contribution in [-0.4, -0.2) is 18.5 Å². The molecule has 0 saturated heterocycles. The number of benzene rings is 2. The van der Waals surface area contributed by atoms with E-state index in [9.17, 15) is 9.59 Å². The van der Waals surface area contributed by atoms with Crippen LogP contribution in [0.15, 0.2) is 30.3 Å². The van der Waals surface area contributed by atoms with Gasteiger partial charge in [0.2, 0.25) is 0 Å². The first kappa shape index (κ1) is 14.1. The van der Waals surface area contributed by atoms with Gasteiger partial charge in [-0.25, -0.2) is 4.79 Å². The Morgan fingerprint density at radius 3 is 2.55 bits per heavy atom. The zero-order valence-electron chi connectivity index (χ0n) is 11.7. The summed E-state index contributed by atoms with van der Waals surface area (Å²) in [5.74, 6) is -0.473. The van der Waals surface area contributed by atoms with Crippen LogP contribution in [-0.2, 0) is 9.53 Å². The lowest BCUT2D eigenvalue weighted by Crippen LogP contribution is -2.07. The van der Waals surface area contributed by atoms with Crippen molar-refractivity contribution in [2.45, 2.75) is 20.8 Å². The molecule has 4 heteroatoms. The van der Waals surface area contributed by atoms with Crippen LogP contribution in [0, 0.1) is 6.92 Å². The normalized spacial score (nSPS) is 10.3. The van der Waals surface area contributed by atoms with Crippen molar-refractivity contribution >= 4 is 22.7 Å². The fourth-order valence-corrected chi connectivity index (χ4v) is 2.01. The van der Waals surface area contributed by atoms with E-state index in [-0.39, 0.29) is 0 Å². The van der Waals surface area contributed by atoms with Gasteiger partial charge in [-0.2, -0.15) is 0 Å². The van der Waals surface area contributed by atoms with E-state index in [0.29, 0.717) is 17.9 Å². The minimum Gasteiger partial charge on any atom is -0.462 e. The maximum Gasteiger partial charge on any atom is 0.338 e. The van der Waals surface area contributed by atoms with E-state index < -0.39 is 11.9 Å². The highest BCUT2D eigenvalue weighted by atomic mass is 16.5. The predicted molar refractivity (Wildman–Crippen MR) is 76.0 cm³/mol. The molecule has 0 N–H and O–H groups in total. The van der Waals surface area contributed by atoms with Crippen LogP contribution < -0.4 is 4.74 Å². The zero-order chi connectivity index (χ0) is 14.7. The molecule has 0 aliphatic rings. The number of ether oxygens (including phenoxy) is 2. The summed E-state index contributed by atoms with van der Waals surface area (Å²) < 4.78 is 10.2.